The van der Waals surface area contributed by atoms with Gasteiger partial charge in [0, 0.05) is 23.7 Å². The Morgan fingerprint density at radius 3 is 2.09 bits per heavy atom. The van der Waals surface area contributed by atoms with E-state index in [1.54, 1.807) is 28.9 Å². The third-order valence-corrected chi connectivity index (χ3v) is 6.16. The molecule has 0 unspecified atom stereocenters. The molecule has 10 heteroatoms. The van der Waals surface area contributed by atoms with Gasteiger partial charge in [0.1, 0.15) is 5.82 Å². The van der Waals surface area contributed by atoms with E-state index in [4.69, 9.17) is 5.14 Å². The lowest BCUT2D eigenvalue weighted by Crippen LogP contribution is -2.14. The number of nitrogens with two attached hydrogens (primary N) is 1. The fourth-order valence-electron chi connectivity index (χ4n) is 3.63. The fourth-order valence-corrected chi connectivity index (χ4v) is 4.15. The molecule has 0 bridgehead atoms. The van der Waals surface area contributed by atoms with Crippen LogP contribution in [0, 0.1) is 6.92 Å². The molecule has 0 spiro atoms. The summed E-state index contributed by atoms with van der Waals surface area (Å²) in [6.07, 6.45) is 0. The standard InChI is InChI=1S/C25H23N5O4S/c1-16-23(18-6-4-3-5-7-18)24(27-17(2)31)30(29-16)21-12-8-19(9-13-21)25(32)28-20-10-14-22(15-11-20)35(26,33)34/h3-15H,1-2H3,(H,27,31)(H,28,32)(H2,26,33,34). The molecule has 4 aromatic rings. The summed E-state index contributed by atoms with van der Waals surface area (Å²) in [4.78, 5) is 24.6. The van der Waals surface area contributed by atoms with Crippen LogP contribution in [0.15, 0.2) is 83.8 Å². The highest BCUT2D eigenvalue weighted by molar-refractivity contribution is 7.89. The number of carbonyl (C=O) groups is 2. The topological polar surface area (TPSA) is 136 Å². The van der Waals surface area contributed by atoms with E-state index >= 15 is 0 Å². The van der Waals surface area contributed by atoms with Crippen LogP contribution in [0.3, 0.4) is 0 Å². The number of anilines is 2. The Balaban J connectivity index is 1.61. The van der Waals surface area contributed by atoms with E-state index < -0.39 is 10.0 Å². The molecule has 1 aromatic heterocycles. The van der Waals surface area contributed by atoms with Crippen molar-refractivity contribution in [2.45, 2.75) is 18.7 Å². The minimum Gasteiger partial charge on any atom is -0.322 e. The van der Waals surface area contributed by atoms with Crippen molar-refractivity contribution < 1.29 is 18.0 Å². The first kappa shape index (κ1) is 23.9. The van der Waals surface area contributed by atoms with Gasteiger partial charge in [-0.2, -0.15) is 5.10 Å². The highest BCUT2D eigenvalue weighted by Crippen LogP contribution is 2.33. The number of hydrogen-bond acceptors (Lipinski definition) is 5. The molecule has 178 valence electrons. The Bertz CT molecular complexity index is 1490. The molecule has 0 saturated heterocycles. The smallest absolute Gasteiger partial charge is 0.255 e. The van der Waals surface area contributed by atoms with Gasteiger partial charge in [0.25, 0.3) is 5.91 Å². The predicted molar refractivity (Wildman–Crippen MR) is 134 cm³/mol. The largest absolute Gasteiger partial charge is 0.322 e. The first-order chi connectivity index (χ1) is 16.6. The van der Waals surface area contributed by atoms with Crippen LogP contribution < -0.4 is 15.8 Å². The molecule has 2 amide bonds. The quantitative estimate of drug-likeness (QED) is 0.379. The molecule has 0 fully saturated rings. The Morgan fingerprint density at radius 2 is 1.51 bits per heavy atom. The van der Waals surface area contributed by atoms with Crippen LogP contribution in [-0.4, -0.2) is 30.0 Å². The number of aromatic nitrogens is 2. The van der Waals surface area contributed by atoms with Gasteiger partial charge in [-0.15, -0.1) is 0 Å². The number of benzene rings is 3. The minimum absolute atomic E-state index is 0.0424. The zero-order valence-corrected chi connectivity index (χ0v) is 19.8. The van der Waals surface area contributed by atoms with Gasteiger partial charge in [0.2, 0.25) is 15.9 Å². The lowest BCUT2D eigenvalue weighted by atomic mass is 10.1. The molecule has 0 aliphatic rings. The number of sulfonamides is 1. The Labute approximate surface area is 202 Å². The summed E-state index contributed by atoms with van der Waals surface area (Å²) in [5, 5.41) is 15.3. The molecule has 0 radical (unpaired) electrons. The lowest BCUT2D eigenvalue weighted by molar-refractivity contribution is -0.114. The van der Waals surface area contributed by atoms with Gasteiger partial charge in [0.05, 0.1) is 16.3 Å². The van der Waals surface area contributed by atoms with Crippen LogP contribution in [0.4, 0.5) is 11.5 Å². The van der Waals surface area contributed by atoms with Crippen LogP contribution in [0.1, 0.15) is 23.0 Å². The van der Waals surface area contributed by atoms with Gasteiger partial charge in [-0.05, 0) is 61.0 Å². The first-order valence-electron chi connectivity index (χ1n) is 10.6. The molecule has 35 heavy (non-hydrogen) atoms. The summed E-state index contributed by atoms with van der Waals surface area (Å²) >= 11 is 0. The number of aryl methyl sites for hydroxylation is 1. The summed E-state index contributed by atoms with van der Waals surface area (Å²) in [5.41, 5.74) is 3.94. The third kappa shape index (κ3) is 5.29. The van der Waals surface area contributed by atoms with Crippen LogP contribution >= 0.6 is 0 Å². The lowest BCUT2D eigenvalue weighted by Gasteiger charge is -2.11. The van der Waals surface area contributed by atoms with Crippen molar-refractivity contribution in [2.24, 2.45) is 5.14 Å². The second-order valence-electron chi connectivity index (χ2n) is 7.84. The molecule has 4 N–H and O–H groups in total. The molecule has 0 aliphatic carbocycles. The van der Waals surface area contributed by atoms with Gasteiger partial charge < -0.3 is 10.6 Å². The molecule has 0 atom stereocenters. The molecule has 0 aliphatic heterocycles. The summed E-state index contributed by atoms with van der Waals surface area (Å²) in [5.74, 6) is -0.0651. The van der Waals surface area contributed by atoms with E-state index in [9.17, 15) is 18.0 Å². The Kier molecular flexibility index (Phi) is 6.50. The number of nitrogens with one attached hydrogen (secondary N) is 2. The molecule has 9 nitrogen and oxygen atoms in total. The van der Waals surface area contributed by atoms with E-state index in [1.807, 2.05) is 37.3 Å². The minimum atomic E-state index is -3.81. The zero-order chi connectivity index (χ0) is 25.2. The third-order valence-electron chi connectivity index (χ3n) is 5.23. The van der Waals surface area contributed by atoms with Crippen LogP contribution in [0.25, 0.3) is 16.8 Å². The molecular weight excluding hydrogens is 466 g/mol. The second-order valence-corrected chi connectivity index (χ2v) is 9.40. The summed E-state index contributed by atoms with van der Waals surface area (Å²) in [6.45, 7) is 3.30. The van der Waals surface area contributed by atoms with Gasteiger partial charge in [-0.3, -0.25) is 9.59 Å². The Morgan fingerprint density at radius 1 is 0.886 bits per heavy atom. The molecule has 0 saturated carbocycles. The first-order valence-corrected chi connectivity index (χ1v) is 12.2. The summed E-state index contributed by atoms with van der Waals surface area (Å²) in [7, 11) is -3.81. The normalized spacial score (nSPS) is 11.2. The average molecular weight is 490 g/mol. The maximum absolute atomic E-state index is 12.7. The van der Waals surface area contributed by atoms with Crippen molar-refractivity contribution in [1.29, 1.82) is 0 Å². The van der Waals surface area contributed by atoms with Crippen LogP contribution in [0.2, 0.25) is 0 Å². The van der Waals surface area contributed by atoms with E-state index in [0.29, 0.717) is 22.8 Å². The SMILES string of the molecule is CC(=O)Nc1c(-c2ccccc2)c(C)nn1-c1ccc(C(=O)Nc2ccc(S(N)(=O)=O)cc2)cc1. The zero-order valence-electron chi connectivity index (χ0n) is 19.0. The number of nitrogens with zero attached hydrogens (tertiary/aromatic N) is 2. The van der Waals surface area contributed by atoms with Gasteiger partial charge in [0.15, 0.2) is 0 Å². The van der Waals surface area contributed by atoms with Crippen LogP contribution in [-0.2, 0) is 14.8 Å². The van der Waals surface area contributed by atoms with E-state index in [0.717, 1.165) is 16.8 Å². The number of hydrogen-bond donors (Lipinski definition) is 3. The van der Waals surface area contributed by atoms with Crippen molar-refractivity contribution in [1.82, 2.24) is 9.78 Å². The molecular formula is C25H23N5O4S. The van der Waals surface area contributed by atoms with Gasteiger partial charge >= 0.3 is 0 Å². The van der Waals surface area contributed by atoms with Crippen molar-refractivity contribution in [3.05, 3.63) is 90.1 Å². The number of carbonyl (C=O) groups excluding carboxylic acids is 2. The van der Waals surface area contributed by atoms with E-state index in [-0.39, 0.29) is 16.7 Å². The number of amides is 2. The summed E-state index contributed by atoms with van der Waals surface area (Å²) < 4.78 is 24.4. The maximum atomic E-state index is 12.7. The van der Waals surface area contributed by atoms with Gasteiger partial charge in [-0.25, -0.2) is 18.2 Å². The maximum Gasteiger partial charge on any atom is 0.255 e. The molecule has 1 heterocycles. The fraction of sp³-hybridized carbons (Fsp3) is 0.0800. The van der Waals surface area contributed by atoms with E-state index in [1.165, 1.54) is 31.2 Å². The number of rotatable bonds is 6. The number of primary sulfonamides is 1. The van der Waals surface area contributed by atoms with Gasteiger partial charge in [-0.1, -0.05) is 30.3 Å². The second kappa shape index (κ2) is 9.53. The van der Waals surface area contributed by atoms with E-state index in [2.05, 4.69) is 15.7 Å². The molecule has 4 rings (SSSR count). The molecule has 3 aromatic carbocycles. The highest BCUT2D eigenvalue weighted by atomic mass is 32.2. The van der Waals surface area contributed by atoms with Crippen molar-refractivity contribution >= 4 is 33.3 Å². The van der Waals surface area contributed by atoms with Crippen molar-refractivity contribution in [3.63, 3.8) is 0 Å². The predicted octanol–water partition coefficient (Wildman–Crippen LogP) is 3.71. The monoisotopic (exact) mass is 489 g/mol. The highest BCUT2D eigenvalue weighted by Gasteiger charge is 2.19. The Hall–Kier alpha value is -4.28. The average Bonchev–Trinajstić information content (AvgIpc) is 3.14. The van der Waals surface area contributed by atoms with Crippen molar-refractivity contribution in [2.75, 3.05) is 10.6 Å². The van der Waals surface area contributed by atoms with Crippen LogP contribution in [0.5, 0.6) is 0 Å². The summed E-state index contributed by atoms with van der Waals surface area (Å²) in [6, 6.07) is 21.9. The van der Waals surface area contributed by atoms with Crippen molar-refractivity contribution in [3.8, 4) is 16.8 Å².